The summed E-state index contributed by atoms with van der Waals surface area (Å²) in [4.78, 5) is 2.60. The molecule has 0 saturated carbocycles. The number of rotatable bonds is 5. The van der Waals surface area contributed by atoms with E-state index in [0.29, 0.717) is 6.04 Å². The summed E-state index contributed by atoms with van der Waals surface area (Å²) in [5.41, 5.74) is 2.81. The fraction of sp³-hybridized carbons (Fsp3) is 0.333. The minimum atomic E-state index is 0.413. The highest BCUT2D eigenvalue weighted by atomic mass is 32.2. The van der Waals surface area contributed by atoms with E-state index in [2.05, 4.69) is 71.8 Å². The zero-order valence-electron chi connectivity index (χ0n) is 11.9. The average molecular weight is 283 g/mol. The van der Waals surface area contributed by atoms with Crippen molar-refractivity contribution in [2.45, 2.75) is 6.04 Å². The molecule has 1 saturated heterocycles. The summed E-state index contributed by atoms with van der Waals surface area (Å²) < 4.78 is 0. The second-order valence-corrected chi connectivity index (χ2v) is 6.41. The Hall–Kier alpha value is -1.25. The molecular weight excluding hydrogens is 262 g/mol. The first-order chi connectivity index (χ1) is 9.88. The van der Waals surface area contributed by atoms with Crippen LogP contribution in [0.25, 0.3) is 0 Å². The summed E-state index contributed by atoms with van der Waals surface area (Å²) in [6.45, 7) is 2.44. The predicted octanol–water partition coefficient (Wildman–Crippen LogP) is 4.07. The standard InChI is InChI=1S/C18H21NS/c1-20-14-15-12-19(13-15)18(16-8-4-2-5-9-16)17-10-6-3-7-11-17/h2-11,15,18H,12-14H2,1H3. The average Bonchev–Trinajstić information content (AvgIpc) is 2.47. The molecule has 0 N–H and O–H groups in total. The van der Waals surface area contributed by atoms with E-state index >= 15 is 0 Å². The van der Waals surface area contributed by atoms with Crippen LogP contribution in [0, 0.1) is 5.92 Å². The maximum Gasteiger partial charge on any atom is 0.0602 e. The van der Waals surface area contributed by atoms with Crippen LogP contribution in [0.5, 0.6) is 0 Å². The van der Waals surface area contributed by atoms with E-state index in [9.17, 15) is 0 Å². The Bertz CT molecular complexity index is 480. The van der Waals surface area contributed by atoms with Crippen LogP contribution in [-0.2, 0) is 0 Å². The van der Waals surface area contributed by atoms with Gasteiger partial charge in [-0.25, -0.2) is 0 Å². The van der Waals surface area contributed by atoms with E-state index in [0.717, 1.165) is 5.92 Å². The van der Waals surface area contributed by atoms with Crippen molar-refractivity contribution in [2.75, 3.05) is 25.1 Å². The van der Waals surface area contributed by atoms with Crippen LogP contribution in [-0.4, -0.2) is 30.0 Å². The first-order valence-corrected chi connectivity index (χ1v) is 8.60. The van der Waals surface area contributed by atoms with Crippen LogP contribution >= 0.6 is 11.8 Å². The van der Waals surface area contributed by atoms with Crippen LogP contribution in [0.4, 0.5) is 0 Å². The normalized spacial score (nSPS) is 16.3. The van der Waals surface area contributed by atoms with Gasteiger partial charge in [-0.15, -0.1) is 0 Å². The SMILES string of the molecule is CSCC1CN(C(c2ccccc2)c2ccccc2)C1. The quantitative estimate of drug-likeness (QED) is 0.813. The van der Waals surface area contributed by atoms with Gasteiger partial charge in [0.2, 0.25) is 0 Å². The van der Waals surface area contributed by atoms with Crippen molar-refractivity contribution in [2.24, 2.45) is 5.92 Å². The Morgan fingerprint density at radius 1 is 0.950 bits per heavy atom. The zero-order chi connectivity index (χ0) is 13.8. The molecule has 2 aromatic rings. The molecule has 0 atom stereocenters. The molecule has 1 aliphatic heterocycles. The third-order valence-electron chi connectivity index (χ3n) is 3.98. The minimum absolute atomic E-state index is 0.413. The lowest BCUT2D eigenvalue weighted by molar-refractivity contribution is 0.0823. The fourth-order valence-corrected chi connectivity index (χ4v) is 3.73. The molecule has 0 amide bonds. The van der Waals surface area contributed by atoms with Crippen LogP contribution in [0.1, 0.15) is 17.2 Å². The van der Waals surface area contributed by atoms with Gasteiger partial charge in [-0.3, -0.25) is 4.90 Å². The molecule has 0 radical (unpaired) electrons. The molecule has 1 fully saturated rings. The molecule has 0 bridgehead atoms. The van der Waals surface area contributed by atoms with Gasteiger partial charge in [-0.05, 0) is 29.1 Å². The minimum Gasteiger partial charge on any atom is -0.292 e. The van der Waals surface area contributed by atoms with E-state index in [-0.39, 0.29) is 0 Å². The highest BCUT2D eigenvalue weighted by Crippen LogP contribution is 2.34. The molecule has 0 aromatic heterocycles. The molecule has 2 aromatic carbocycles. The zero-order valence-corrected chi connectivity index (χ0v) is 12.7. The molecular formula is C18H21NS. The molecule has 0 unspecified atom stereocenters. The molecule has 1 heterocycles. The highest BCUT2D eigenvalue weighted by molar-refractivity contribution is 7.98. The number of thioether (sulfide) groups is 1. The molecule has 3 rings (SSSR count). The van der Waals surface area contributed by atoms with Gasteiger partial charge in [-0.2, -0.15) is 11.8 Å². The Labute approximate surface area is 126 Å². The number of likely N-dealkylation sites (tertiary alicyclic amines) is 1. The Morgan fingerprint density at radius 2 is 1.45 bits per heavy atom. The van der Waals surface area contributed by atoms with Gasteiger partial charge in [0.15, 0.2) is 0 Å². The van der Waals surface area contributed by atoms with Gasteiger partial charge in [-0.1, -0.05) is 60.7 Å². The van der Waals surface area contributed by atoms with Crippen molar-refractivity contribution in [1.82, 2.24) is 4.90 Å². The van der Waals surface area contributed by atoms with Crippen molar-refractivity contribution in [3.05, 3.63) is 71.8 Å². The van der Waals surface area contributed by atoms with Crippen molar-refractivity contribution in [1.29, 1.82) is 0 Å². The lowest BCUT2D eigenvalue weighted by Gasteiger charge is -2.44. The first kappa shape index (κ1) is 13.7. The Kier molecular flexibility index (Phi) is 4.44. The lowest BCUT2D eigenvalue weighted by Crippen LogP contribution is -2.49. The molecule has 1 nitrogen and oxygen atoms in total. The molecule has 20 heavy (non-hydrogen) atoms. The third-order valence-corrected chi connectivity index (χ3v) is 4.79. The summed E-state index contributed by atoms with van der Waals surface area (Å²) in [5, 5.41) is 0. The van der Waals surface area contributed by atoms with Crippen molar-refractivity contribution >= 4 is 11.8 Å². The smallest absolute Gasteiger partial charge is 0.0602 e. The molecule has 0 spiro atoms. The number of nitrogens with zero attached hydrogens (tertiary/aromatic N) is 1. The van der Waals surface area contributed by atoms with E-state index in [1.807, 2.05) is 11.8 Å². The van der Waals surface area contributed by atoms with Crippen LogP contribution in [0.2, 0.25) is 0 Å². The second-order valence-electron chi connectivity index (χ2n) is 5.50. The second kappa shape index (κ2) is 6.47. The summed E-state index contributed by atoms with van der Waals surface area (Å²) >= 11 is 1.96. The maximum absolute atomic E-state index is 2.60. The Morgan fingerprint density at radius 3 is 1.90 bits per heavy atom. The maximum atomic E-state index is 2.60. The van der Waals surface area contributed by atoms with Crippen molar-refractivity contribution in [3.63, 3.8) is 0 Å². The van der Waals surface area contributed by atoms with Crippen LogP contribution < -0.4 is 0 Å². The van der Waals surface area contributed by atoms with Gasteiger partial charge in [0, 0.05) is 13.1 Å². The van der Waals surface area contributed by atoms with Gasteiger partial charge < -0.3 is 0 Å². The fourth-order valence-electron chi connectivity index (χ4n) is 3.05. The molecule has 104 valence electrons. The van der Waals surface area contributed by atoms with Crippen LogP contribution in [0.15, 0.2) is 60.7 Å². The number of hydrogen-bond donors (Lipinski definition) is 0. The predicted molar refractivity (Wildman–Crippen MR) is 88.2 cm³/mol. The van der Waals surface area contributed by atoms with E-state index in [1.54, 1.807) is 0 Å². The topological polar surface area (TPSA) is 3.24 Å². The van der Waals surface area contributed by atoms with Gasteiger partial charge in [0.25, 0.3) is 0 Å². The highest BCUT2D eigenvalue weighted by Gasteiger charge is 2.33. The van der Waals surface area contributed by atoms with Crippen molar-refractivity contribution < 1.29 is 0 Å². The number of hydrogen-bond acceptors (Lipinski definition) is 2. The summed E-state index contributed by atoms with van der Waals surface area (Å²) in [5.74, 6) is 2.15. The summed E-state index contributed by atoms with van der Waals surface area (Å²) in [7, 11) is 0. The monoisotopic (exact) mass is 283 g/mol. The van der Waals surface area contributed by atoms with Gasteiger partial charge >= 0.3 is 0 Å². The lowest BCUT2D eigenvalue weighted by atomic mass is 9.91. The van der Waals surface area contributed by atoms with Gasteiger partial charge in [0.1, 0.15) is 0 Å². The molecule has 1 aliphatic rings. The first-order valence-electron chi connectivity index (χ1n) is 7.21. The summed E-state index contributed by atoms with van der Waals surface area (Å²) in [6, 6.07) is 22.2. The van der Waals surface area contributed by atoms with E-state index in [4.69, 9.17) is 0 Å². The summed E-state index contributed by atoms with van der Waals surface area (Å²) in [6.07, 6.45) is 2.20. The third kappa shape index (κ3) is 2.92. The molecule has 2 heteroatoms. The Balaban J connectivity index is 1.83. The van der Waals surface area contributed by atoms with Crippen LogP contribution in [0.3, 0.4) is 0 Å². The number of benzene rings is 2. The van der Waals surface area contributed by atoms with E-state index in [1.165, 1.54) is 30.0 Å². The largest absolute Gasteiger partial charge is 0.292 e. The van der Waals surface area contributed by atoms with Gasteiger partial charge in [0.05, 0.1) is 6.04 Å². The van der Waals surface area contributed by atoms with Crippen molar-refractivity contribution in [3.8, 4) is 0 Å². The molecule has 0 aliphatic carbocycles. The van der Waals surface area contributed by atoms with E-state index < -0.39 is 0 Å².